The molecule has 42 heavy (non-hydrogen) atoms. The summed E-state index contributed by atoms with van der Waals surface area (Å²) in [5.41, 5.74) is 2.69. The number of nitrogens with one attached hydrogen (secondary N) is 2. The first kappa shape index (κ1) is 27.5. The summed E-state index contributed by atoms with van der Waals surface area (Å²) in [5.74, 6) is -1.46. The quantitative estimate of drug-likeness (QED) is 0.361. The number of phenolic OH excluding ortho intramolecular Hbond substituents is 1. The zero-order valence-electron chi connectivity index (χ0n) is 22.9. The van der Waals surface area contributed by atoms with E-state index in [2.05, 4.69) is 10.0 Å². The number of hydrogen-bond acceptors (Lipinski definition) is 10. The Morgan fingerprint density at radius 3 is 2.19 bits per heavy atom. The minimum absolute atomic E-state index is 0.00791. The van der Waals surface area contributed by atoms with Gasteiger partial charge in [0.15, 0.2) is 23.0 Å². The number of esters is 1. The summed E-state index contributed by atoms with van der Waals surface area (Å²) in [4.78, 5) is 26.4. The predicted molar refractivity (Wildman–Crippen MR) is 146 cm³/mol. The SMILES string of the molecule is COc1cc([C@@H]2c3cc4c(cc3[C@@H](NC(=O)NS(=O)(=O)c3ccc(C)cc3)[C@H]3COC(=O)[C@H]23)OCO4)cc(OC)c1O. The fourth-order valence-corrected chi connectivity index (χ4v) is 6.83. The lowest BCUT2D eigenvalue weighted by molar-refractivity contribution is -0.141. The number of aryl methyl sites for hydroxylation is 1. The summed E-state index contributed by atoms with van der Waals surface area (Å²) >= 11 is 0. The van der Waals surface area contributed by atoms with Crippen molar-refractivity contribution in [2.24, 2.45) is 11.8 Å². The van der Waals surface area contributed by atoms with Gasteiger partial charge in [-0.3, -0.25) is 4.79 Å². The molecule has 0 saturated carbocycles. The van der Waals surface area contributed by atoms with Gasteiger partial charge in [0, 0.05) is 11.8 Å². The Balaban J connectivity index is 1.43. The van der Waals surface area contributed by atoms with Gasteiger partial charge in [-0.2, -0.15) is 0 Å². The van der Waals surface area contributed by atoms with Crippen molar-refractivity contribution >= 4 is 22.0 Å². The molecule has 0 bridgehead atoms. The third kappa shape index (κ3) is 4.59. The maximum atomic E-state index is 13.3. The van der Waals surface area contributed by atoms with Crippen LogP contribution in [0, 0.1) is 18.8 Å². The Labute approximate surface area is 241 Å². The van der Waals surface area contributed by atoms with E-state index in [0.717, 1.165) is 5.56 Å². The number of sulfonamides is 1. The van der Waals surface area contributed by atoms with Crippen molar-refractivity contribution in [1.29, 1.82) is 0 Å². The van der Waals surface area contributed by atoms with Crippen LogP contribution >= 0.6 is 0 Å². The van der Waals surface area contributed by atoms with Crippen LogP contribution in [0.3, 0.4) is 0 Å². The molecule has 2 amide bonds. The molecule has 2 aliphatic heterocycles. The van der Waals surface area contributed by atoms with Crippen LogP contribution in [-0.2, 0) is 19.6 Å². The highest BCUT2D eigenvalue weighted by molar-refractivity contribution is 7.90. The van der Waals surface area contributed by atoms with Gasteiger partial charge in [0.05, 0.1) is 37.7 Å². The number of carbonyl (C=O) groups is 2. The molecular weight excluding hydrogens is 568 g/mol. The van der Waals surface area contributed by atoms with E-state index < -0.39 is 45.8 Å². The lowest BCUT2D eigenvalue weighted by Crippen LogP contribution is -2.47. The maximum absolute atomic E-state index is 13.3. The molecule has 4 atom stereocenters. The first-order chi connectivity index (χ1) is 20.1. The summed E-state index contributed by atoms with van der Waals surface area (Å²) in [6, 6.07) is 11.0. The van der Waals surface area contributed by atoms with Crippen molar-refractivity contribution in [1.82, 2.24) is 10.0 Å². The Bertz CT molecular complexity index is 1660. The van der Waals surface area contributed by atoms with E-state index in [4.69, 9.17) is 23.7 Å². The molecule has 1 fully saturated rings. The number of urea groups is 1. The predicted octanol–water partition coefficient (Wildman–Crippen LogP) is 3.11. The number of methoxy groups -OCH3 is 2. The van der Waals surface area contributed by atoms with E-state index in [1.165, 1.54) is 26.4 Å². The summed E-state index contributed by atoms with van der Waals surface area (Å²) in [6.07, 6.45) is 0. The number of rotatable bonds is 6. The highest BCUT2D eigenvalue weighted by atomic mass is 32.2. The molecule has 6 rings (SSSR count). The summed E-state index contributed by atoms with van der Waals surface area (Å²) in [5, 5.41) is 13.3. The van der Waals surface area contributed by atoms with E-state index in [1.807, 2.05) is 6.92 Å². The van der Waals surface area contributed by atoms with Crippen LogP contribution in [0.15, 0.2) is 53.4 Å². The fourth-order valence-electron chi connectivity index (χ4n) is 5.91. The Kier molecular flexibility index (Phi) is 6.76. The van der Waals surface area contributed by atoms with Crippen LogP contribution in [0.2, 0.25) is 0 Å². The van der Waals surface area contributed by atoms with E-state index in [0.29, 0.717) is 28.2 Å². The van der Waals surface area contributed by atoms with E-state index in [-0.39, 0.29) is 35.5 Å². The number of phenols is 1. The molecule has 3 aliphatic rings. The number of aromatic hydroxyl groups is 1. The maximum Gasteiger partial charge on any atom is 0.329 e. The van der Waals surface area contributed by atoms with E-state index in [1.54, 1.807) is 36.4 Å². The van der Waals surface area contributed by atoms with Crippen molar-refractivity contribution in [3.8, 4) is 28.7 Å². The third-order valence-corrected chi connectivity index (χ3v) is 9.24. The average Bonchev–Trinajstić information content (AvgIpc) is 3.58. The minimum Gasteiger partial charge on any atom is -0.502 e. The Hall–Kier alpha value is -4.65. The second-order valence-electron chi connectivity index (χ2n) is 10.3. The number of amides is 2. The van der Waals surface area contributed by atoms with Gasteiger partial charge in [0.2, 0.25) is 12.5 Å². The molecule has 3 N–H and O–H groups in total. The highest BCUT2D eigenvalue weighted by Gasteiger charge is 2.53. The summed E-state index contributed by atoms with van der Waals surface area (Å²) in [7, 11) is -1.37. The first-order valence-electron chi connectivity index (χ1n) is 13.1. The molecule has 220 valence electrons. The van der Waals surface area contributed by atoms with Gasteiger partial charge in [0.1, 0.15) is 0 Å². The summed E-state index contributed by atoms with van der Waals surface area (Å²) in [6.45, 7) is 1.80. The topological polar surface area (TPSA) is 159 Å². The highest BCUT2D eigenvalue weighted by Crippen LogP contribution is 2.55. The second-order valence-corrected chi connectivity index (χ2v) is 12.0. The number of fused-ring (bicyclic) bond motifs is 3. The molecule has 0 unspecified atom stereocenters. The van der Waals surface area contributed by atoms with Crippen LogP contribution in [0.25, 0.3) is 0 Å². The van der Waals surface area contributed by atoms with Crippen molar-refractivity contribution in [2.75, 3.05) is 27.6 Å². The van der Waals surface area contributed by atoms with E-state index >= 15 is 0 Å². The third-order valence-electron chi connectivity index (χ3n) is 7.89. The normalized spacial score (nSPS) is 22.0. The molecule has 3 aromatic rings. The van der Waals surface area contributed by atoms with Crippen molar-refractivity contribution in [3.05, 3.63) is 70.8 Å². The minimum atomic E-state index is -4.18. The van der Waals surface area contributed by atoms with Gasteiger partial charge in [-0.1, -0.05) is 17.7 Å². The molecule has 0 spiro atoms. The number of benzene rings is 3. The van der Waals surface area contributed by atoms with Gasteiger partial charge >= 0.3 is 12.0 Å². The largest absolute Gasteiger partial charge is 0.502 e. The standard InChI is InChI=1S/C29H28N2O10S/c1-14-4-6-16(7-5-14)42(35,36)31-29(34)30-26-18-11-21-20(40-13-41-21)10-17(18)24(25-19(26)12-39-28(25)33)15-8-22(37-2)27(32)23(9-15)38-3/h4-11,19,24-26,32H,12-13H2,1-3H3,(H2,30,31,34)/t19-,24+,25-,26+/m0/s1. The average molecular weight is 597 g/mol. The van der Waals surface area contributed by atoms with Crippen LogP contribution in [0.5, 0.6) is 28.7 Å². The first-order valence-corrected chi connectivity index (χ1v) is 14.5. The lowest BCUT2D eigenvalue weighted by atomic mass is 9.65. The van der Waals surface area contributed by atoms with Crippen LogP contribution in [0.4, 0.5) is 4.79 Å². The van der Waals surface area contributed by atoms with Crippen LogP contribution in [0.1, 0.15) is 34.2 Å². The van der Waals surface area contributed by atoms with Crippen molar-refractivity contribution in [3.63, 3.8) is 0 Å². The Morgan fingerprint density at radius 2 is 1.57 bits per heavy atom. The molecule has 0 aromatic heterocycles. The van der Waals surface area contributed by atoms with Crippen LogP contribution in [-0.4, -0.2) is 53.1 Å². The number of hydrogen-bond donors (Lipinski definition) is 3. The lowest BCUT2D eigenvalue weighted by Gasteiger charge is -2.39. The number of cyclic esters (lactones) is 1. The van der Waals surface area contributed by atoms with Gasteiger partial charge in [-0.05, 0) is 60.0 Å². The van der Waals surface area contributed by atoms with E-state index in [9.17, 15) is 23.1 Å². The van der Waals surface area contributed by atoms with Gasteiger partial charge in [-0.25, -0.2) is 17.9 Å². The molecule has 1 saturated heterocycles. The zero-order chi connectivity index (χ0) is 29.8. The summed E-state index contributed by atoms with van der Waals surface area (Å²) < 4.78 is 55.4. The number of carbonyl (C=O) groups excluding carboxylic acids is 2. The molecule has 0 radical (unpaired) electrons. The van der Waals surface area contributed by atoms with Gasteiger partial charge in [-0.15, -0.1) is 0 Å². The molecule has 12 nitrogen and oxygen atoms in total. The zero-order valence-corrected chi connectivity index (χ0v) is 23.7. The Morgan fingerprint density at radius 1 is 0.952 bits per heavy atom. The van der Waals surface area contributed by atoms with Crippen LogP contribution < -0.4 is 29.0 Å². The molecule has 2 heterocycles. The van der Waals surface area contributed by atoms with Crippen molar-refractivity contribution < 1.29 is 46.8 Å². The monoisotopic (exact) mass is 596 g/mol. The van der Waals surface area contributed by atoms with Gasteiger partial charge in [0.25, 0.3) is 10.0 Å². The second kappa shape index (κ2) is 10.3. The molecule has 1 aliphatic carbocycles. The molecule has 13 heteroatoms. The molecule has 3 aromatic carbocycles. The smallest absolute Gasteiger partial charge is 0.329 e. The van der Waals surface area contributed by atoms with Crippen molar-refractivity contribution in [2.45, 2.75) is 23.8 Å². The number of ether oxygens (including phenoxy) is 5. The molecular formula is C29H28N2O10S. The van der Waals surface area contributed by atoms with Gasteiger partial charge < -0.3 is 34.1 Å². The fraction of sp³-hybridized carbons (Fsp3) is 0.310.